The smallest absolute Gasteiger partial charge is 0.243 e. The molecule has 0 aromatic heterocycles. The van der Waals surface area contributed by atoms with Crippen LogP contribution in [0.1, 0.15) is 0 Å². The quantitative estimate of drug-likeness (QED) is 0.645. The average molecular weight is 329 g/mol. The molecule has 3 N–H and O–H groups in total. The number of likely N-dealkylation sites (N-methyl/N-ethyl adjacent to an activating group) is 1. The second-order valence-corrected chi connectivity index (χ2v) is 7.39. The van der Waals surface area contributed by atoms with Gasteiger partial charge in [0, 0.05) is 38.4 Å². The molecule has 1 atom stereocenters. The number of nitrogens with zero attached hydrogens (tertiary/aromatic N) is 2. The van der Waals surface area contributed by atoms with Crippen molar-refractivity contribution in [2.45, 2.75) is 11.0 Å². The number of piperazine rings is 1. The van der Waals surface area contributed by atoms with E-state index < -0.39 is 16.1 Å². The molecule has 124 valence electrons. The Morgan fingerprint density at radius 3 is 2.59 bits per heavy atom. The van der Waals surface area contributed by atoms with Crippen LogP contribution in [0.5, 0.6) is 0 Å². The molecule has 8 heteroatoms. The summed E-state index contributed by atoms with van der Waals surface area (Å²) in [6.07, 6.45) is -0.877. The van der Waals surface area contributed by atoms with Crippen LogP contribution >= 0.6 is 0 Å². The van der Waals surface area contributed by atoms with Gasteiger partial charge in [0.15, 0.2) is 0 Å². The largest absolute Gasteiger partial charge is 0.394 e. The molecule has 1 aliphatic rings. The van der Waals surface area contributed by atoms with Crippen LogP contribution < -0.4 is 5.32 Å². The monoisotopic (exact) mass is 329 g/mol. The highest BCUT2D eigenvalue weighted by molar-refractivity contribution is 7.89. The van der Waals surface area contributed by atoms with E-state index in [0.29, 0.717) is 18.8 Å². The van der Waals surface area contributed by atoms with Gasteiger partial charge in [0.2, 0.25) is 10.0 Å². The third kappa shape index (κ3) is 4.17. The fourth-order valence-electron chi connectivity index (χ4n) is 2.24. The van der Waals surface area contributed by atoms with Gasteiger partial charge in [-0.25, -0.2) is 8.42 Å². The first-order chi connectivity index (χ1) is 10.4. The van der Waals surface area contributed by atoms with Crippen molar-refractivity contribution in [3.8, 4) is 0 Å². The SMILES string of the molecule is CN1CCN(S(=O)(=O)c2cccc(NCC(O)CO)c2)CC1. The van der Waals surface area contributed by atoms with E-state index in [-0.39, 0.29) is 18.0 Å². The standard InChI is InChI=1S/C14H23N3O4S/c1-16-5-7-17(8-6-16)22(20,21)14-4-2-3-12(9-14)15-10-13(19)11-18/h2-4,9,13,15,18-19H,5-8,10-11H2,1H3. The number of benzene rings is 1. The van der Waals surface area contributed by atoms with Crippen molar-refractivity contribution in [2.24, 2.45) is 0 Å². The lowest BCUT2D eigenvalue weighted by atomic mass is 10.3. The van der Waals surface area contributed by atoms with Crippen LogP contribution in [0.2, 0.25) is 0 Å². The molecule has 2 rings (SSSR count). The molecule has 1 heterocycles. The number of aliphatic hydroxyl groups excluding tert-OH is 2. The zero-order valence-electron chi connectivity index (χ0n) is 12.6. The molecule has 7 nitrogen and oxygen atoms in total. The molecule has 0 radical (unpaired) electrons. The maximum absolute atomic E-state index is 12.6. The summed E-state index contributed by atoms with van der Waals surface area (Å²) in [5, 5.41) is 21.0. The van der Waals surface area contributed by atoms with Crippen LogP contribution in [0.25, 0.3) is 0 Å². The van der Waals surface area contributed by atoms with Gasteiger partial charge >= 0.3 is 0 Å². The lowest BCUT2D eigenvalue weighted by molar-refractivity contribution is 0.105. The van der Waals surface area contributed by atoms with Gasteiger partial charge in [0.25, 0.3) is 0 Å². The molecule has 0 aliphatic carbocycles. The van der Waals surface area contributed by atoms with Gasteiger partial charge in [-0.2, -0.15) is 4.31 Å². The topological polar surface area (TPSA) is 93.1 Å². The van der Waals surface area contributed by atoms with Crippen LogP contribution in [-0.2, 0) is 10.0 Å². The highest BCUT2D eigenvalue weighted by Gasteiger charge is 2.27. The van der Waals surface area contributed by atoms with E-state index in [1.165, 1.54) is 4.31 Å². The highest BCUT2D eigenvalue weighted by Crippen LogP contribution is 2.20. The van der Waals surface area contributed by atoms with Crippen LogP contribution in [0, 0.1) is 0 Å². The van der Waals surface area contributed by atoms with Gasteiger partial charge in [-0.1, -0.05) is 6.07 Å². The summed E-state index contributed by atoms with van der Waals surface area (Å²) in [5.74, 6) is 0. The molecule has 0 spiro atoms. The molecule has 1 unspecified atom stereocenters. The van der Waals surface area contributed by atoms with E-state index in [1.54, 1.807) is 24.3 Å². The van der Waals surface area contributed by atoms with Crippen molar-refractivity contribution in [1.82, 2.24) is 9.21 Å². The molecule has 1 aromatic rings. The second-order valence-electron chi connectivity index (χ2n) is 5.45. The van der Waals surface area contributed by atoms with Crippen molar-refractivity contribution in [3.63, 3.8) is 0 Å². The molecule has 0 saturated carbocycles. The molecule has 1 aromatic carbocycles. The van der Waals surface area contributed by atoms with E-state index >= 15 is 0 Å². The number of anilines is 1. The molecule has 1 saturated heterocycles. The van der Waals surface area contributed by atoms with Crippen molar-refractivity contribution in [3.05, 3.63) is 24.3 Å². The Morgan fingerprint density at radius 1 is 1.27 bits per heavy atom. The van der Waals surface area contributed by atoms with E-state index in [0.717, 1.165) is 13.1 Å². The zero-order chi connectivity index (χ0) is 16.2. The van der Waals surface area contributed by atoms with E-state index in [1.807, 2.05) is 7.05 Å². The summed E-state index contributed by atoms with van der Waals surface area (Å²) >= 11 is 0. The number of aliphatic hydroxyl groups is 2. The Hall–Kier alpha value is -1.19. The molecule has 22 heavy (non-hydrogen) atoms. The summed E-state index contributed by atoms with van der Waals surface area (Å²) in [6, 6.07) is 6.52. The number of hydrogen-bond donors (Lipinski definition) is 3. The molecular formula is C14H23N3O4S. The van der Waals surface area contributed by atoms with E-state index in [4.69, 9.17) is 5.11 Å². The number of hydrogen-bond acceptors (Lipinski definition) is 6. The first kappa shape index (κ1) is 17.2. The Bertz CT molecular complexity index is 586. The van der Waals surface area contributed by atoms with Crippen LogP contribution in [0.15, 0.2) is 29.2 Å². The molecular weight excluding hydrogens is 306 g/mol. The summed E-state index contributed by atoms with van der Waals surface area (Å²) < 4.78 is 26.8. The minimum Gasteiger partial charge on any atom is -0.394 e. The van der Waals surface area contributed by atoms with Crippen molar-refractivity contribution in [1.29, 1.82) is 0 Å². The summed E-state index contributed by atoms with van der Waals surface area (Å²) in [5.41, 5.74) is 0.600. The number of rotatable bonds is 6. The predicted molar refractivity (Wildman–Crippen MR) is 84.3 cm³/mol. The first-order valence-corrected chi connectivity index (χ1v) is 8.69. The van der Waals surface area contributed by atoms with Crippen LogP contribution in [-0.4, -0.2) is 80.3 Å². The fraction of sp³-hybridized carbons (Fsp3) is 0.571. The second kappa shape index (κ2) is 7.38. The minimum absolute atomic E-state index is 0.161. The maximum atomic E-state index is 12.6. The van der Waals surface area contributed by atoms with Gasteiger partial charge < -0.3 is 20.4 Å². The van der Waals surface area contributed by atoms with Gasteiger partial charge in [0.05, 0.1) is 17.6 Å². The van der Waals surface area contributed by atoms with Crippen molar-refractivity contribution < 1.29 is 18.6 Å². The lowest BCUT2D eigenvalue weighted by Gasteiger charge is -2.31. The maximum Gasteiger partial charge on any atom is 0.243 e. The van der Waals surface area contributed by atoms with Gasteiger partial charge in [0.1, 0.15) is 0 Å². The molecule has 1 fully saturated rings. The molecule has 1 aliphatic heterocycles. The summed E-state index contributed by atoms with van der Waals surface area (Å²) in [7, 11) is -1.52. The third-order valence-corrected chi connectivity index (χ3v) is 5.58. The molecule has 0 amide bonds. The summed E-state index contributed by atoms with van der Waals surface area (Å²) in [6.45, 7) is 2.24. The third-order valence-electron chi connectivity index (χ3n) is 3.69. The van der Waals surface area contributed by atoms with Gasteiger partial charge in [-0.15, -0.1) is 0 Å². The van der Waals surface area contributed by atoms with Crippen LogP contribution in [0.4, 0.5) is 5.69 Å². The number of sulfonamides is 1. The van der Waals surface area contributed by atoms with Crippen molar-refractivity contribution >= 4 is 15.7 Å². The summed E-state index contributed by atoms with van der Waals surface area (Å²) in [4.78, 5) is 2.33. The zero-order valence-corrected chi connectivity index (χ0v) is 13.5. The lowest BCUT2D eigenvalue weighted by Crippen LogP contribution is -2.47. The molecule has 0 bridgehead atoms. The average Bonchev–Trinajstić information content (AvgIpc) is 2.53. The van der Waals surface area contributed by atoms with E-state index in [2.05, 4.69) is 10.2 Å². The first-order valence-electron chi connectivity index (χ1n) is 7.25. The van der Waals surface area contributed by atoms with Crippen LogP contribution in [0.3, 0.4) is 0 Å². The Kier molecular flexibility index (Phi) is 5.76. The van der Waals surface area contributed by atoms with Gasteiger partial charge in [-0.3, -0.25) is 0 Å². The van der Waals surface area contributed by atoms with E-state index in [9.17, 15) is 13.5 Å². The predicted octanol–water partition coefficient (Wildman–Crippen LogP) is -0.612. The number of nitrogens with one attached hydrogen (secondary N) is 1. The van der Waals surface area contributed by atoms with Crippen molar-refractivity contribution in [2.75, 3.05) is 51.7 Å². The normalized spacial score (nSPS) is 19.0. The van der Waals surface area contributed by atoms with Gasteiger partial charge in [-0.05, 0) is 25.2 Å². The Labute approximate surface area is 131 Å². The Morgan fingerprint density at radius 2 is 1.95 bits per heavy atom. The fourth-order valence-corrected chi connectivity index (χ4v) is 3.71. The highest BCUT2D eigenvalue weighted by atomic mass is 32.2. The minimum atomic E-state index is -3.50. The Balaban J connectivity index is 2.10.